The molecule has 0 aromatic heterocycles. The number of carbonyl (C=O) groups excluding carboxylic acids is 2. The van der Waals surface area contributed by atoms with Crippen molar-refractivity contribution in [2.24, 2.45) is 11.1 Å². The van der Waals surface area contributed by atoms with Crippen LogP contribution in [0.2, 0.25) is 0 Å². The Hall–Kier alpha value is -2.57. The number of urea groups is 1. The van der Waals surface area contributed by atoms with Crippen LogP contribution in [0.25, 0.3) is 0 Å². The van der Waals surface area contributed by atoms with Gasteiger partial charge in [-0.05, 0) is 44.5 Å². The van der Waals surface area contributed by atoms with E-state index in [0.29, 0.717) is 17.7 Å². The van der Waals surface area contributed by atoms with Crippen molar-refractivity contribution in [1.82, 2.24) is 5.32 Å². The molecule has 0 aliphatic carbocycles. The second kappa shape index (κ2) is 6.74. The Morgan fingerprint density at radius 3 is 2.24 bits per heavy atom. The van der Waals surface area contributed by atoms with Gasteiger partial charge in [-0.15, -0.1) is 0 Å². The topological polar surface area (TPSA) is 122 Å². The summed E-state index contributed by atoms with van der Waals surface area (Å²) in [5, 5.41) is 14.0. The van der Waals surface area contributed by atoms with Crippen molar-refractivity contribution < 1.29 is 19.5 Å². The molecule has 0 bridgehead atoms. The zero-order chi connectivity index (χ0) is 16.0. The Morgan fingerprint density at radius 2 is 1.76 bits per heavy atom. The summed E-state index contributed by atoms with van der Waals surface area (Å²) in [6.07, 6.45) is 0.329. The minimum absolute atomic E-state index is 0.263. The Kier molecular flexibility index (Phi) is 5.29. The van der Waals surface area contributed by atoms with Crippen molar-refractivity contribution in [2.75, 3.05) is 11.9 Å². The zero-order valence-electron chi connectivity index (χ0n) is 12.0. The third kappa shape index (κ3) is 5.13. The van der Waals surface area contributed by atoms with E-state index in [-0.39, 0.29) is 12.5 Å². The Labute approximate surface area is 122 Å². The van der Waals surface area contributed by atoms with Crippen LogP contribution in [0.5, 0.6) is 0 Å². The lowest BCUT2D eigenvalue weighted by Crippen LogP contribution is -2.31. The van der Waals surface area contributed by atoms with Crippen LogP contribution >= 0.6 is 0 Å². The number of hydrogen-bond acceptors (Lipinski definition) is 3. The second-order valence-corrected chi connectivity index (χ2v) is 5.26. The van der Waals surface area contributed by atoms with Gasteiger partial charge in [-0.1, -0.05) is 0 Å². The molecule has 114 valence electrons. The molecule has 21 heavy (non-hydrogen) atoms. The lowest BCUT2D eigenvalue weighted by molar-refractivity contribution is -0.147. The van der Waals surface area contributed by atoms with Crippen LogP contribution in [0.4, 0.5) is 10.5 Å². The maximum atomic E-state index is 11.9. The first kappa shape index (κ1) is 16.5. The fourth-order valence-corrected chi connectivity index (χ4v) is 1.54. The smallest absolute Gasteiger partial charge is 0.316 e. The van der Waals surface area contributed by atoms with Crippen molar-refractivity contribution in [3.05, 3.63) is 29.8 Å². The number of carbonyl (C=O) groups is 3. The van der Waals surface area contributed by atoms with Gasteiger partial charge in [0, 0.05) is 17.8 Å². The largest absolute Gasteiger partial charge is 0.481 e. The van der Waals surface area contributed by atoms with E-state index in [1.165, 1.54) is 0 Å². The molecular weight excluding hydrogens is 274 g/mol. The zero-order valence-corrected chi connectivity index (χ0v) is 12.0. The number of rotatable bonds is 6. The first-order valence-corrected chi connectivity index (χ1v) is 6.40. The number of primary amides is 1. The normalized spacial score (nSPS) is 10.8. The molecule has 0 unspecified atom stereocenters. The maximum Gasteiger partial charge on any atom is 0.316 e. The van der Waals surface area contributed by atoms with Crippen molar-refractivity contribution in [2.45, 2.75) is 20.3 Å². The van der Waals surface area contributed by atoms with Gasteiger partial charge in [0.25, 0.3) is 5.91 Å². The summed E-state index contributed by atoms with van der Waals surface area (Å²) in [6.45, 7) is 3.47. The monoisotopic (exact) mass is 293 g/mol. The fourth-order valence-electron chi connectivity index (χ4n) is 1.54. The number of aliphatic carboxylic acids is 1. The number of amides is 3. The van der Waals surface area contributed by atoms with Crippen LogP contribution in [0.3, 0.4) is 0 Å². The highest BCUT2D eigenvalue weighted by Gasteiger charge is 2.26. The van der Waals surface area contributed by atoms with E-state index in [0.717, 1.165) is 0 Å². The molecule has 7 heteroatoms. The van der Waals surface area contributed by atoms with Crippen molar-refractivity contribution in [1.29, 1.82) is 0 Å². The van der Waals surface area contributed by atoms with Gasteiger partial charge in [-0.25, -0.2) is 4.79 Å². The predicted molar refractivity (Wildman–Crippen MR) is 78.0 cm³/mol. The third-order valence-electron chi connectivity index (χ3n) is 3.03. The van der Waals surface area contributed by atoms with Crippen LogP contribution in [-0.2, 0) is 4.79 Å². The van der Waals surface area contributed by atoms with Crippen LogP contribution in [0.15, 0.2) is 24.3 Å². The van der Waals surface area contributed by atoms with E-state index in [1.54, 1.807) is 38.1 Å². The van der Waals surface area contributed by atoms with Crippen molar-refractivity contribution >= 4 is 23.6 Å². The van der Waals surface area contributed by atoms with Crippen molar-refractivity contribution in [3.8, 4) is 0 Å². The molecule has 0 fully saturated rings. The summed E-state index contributed by atoms with van der Waals surface area (Å²) < 4.78 is 0. The molecule has 0 atom stereocenters. The molecule has 5 N–H and O–H groups in total. The van der Waals surface area contributed by atoms with E-state index >= 15 is 0 Å². The molecule has 0 aliphatic heterocycles. The number of nitrogens with two attached hydrogens (primary N) is 1. The van der Waals surface area contributed by atoms with Crippen molar-refractivity contribution in [3.63, 3.8) is 0 Å². The lowest BCUT2D eigenvalue weighted by atomic mass is 9.90. The van der Waals surface area contributed by atoms with E-state index in [9.17, 15) is 14.4 Å². The second-order valence-electron chi connectivity index (χ2n) is 5.26. The summed E-state index contributed by atoms with van der Waals surface area (Å²) in [5.41, 5.74) is 5.00. The Morgan fingerprint density at radius 1 is 1.19 bits per heavy atom. The molecule has 0 spiro atoms. The van der Waals surface area contributed by atoms with Gasteiger partial charge in [0.05, 0.1) is 5.41 Å². The average Bonchev–Trinajstić information content (AvgIpc) is 2.38. The number of nitrogens with one attached hydrogen (secondary N) is 2. The molecule has 1 aromatic rings. The Balaban J connectivity index is 2.53. The molecule has 1 aromatic carbocycles. The molecule has 3 amide bonds. The number of anilines is 1. The van der Waals surface area contributed by atoms with Gasteiger partial charge in [0.1, 0.15) is 0 Å². The molecule has 0 saturated heterocycles. The molecule has 7 nitrogen and oxygen atoms in total. The summed E-state index contributed by atoms with van der Waals surface area (Å²) in [6, 6.07) is 5.52. The summed E-state index contributed by atoms with van der Waals surface area (Å²) >= 11 is 0. The SMILES string of the molecule is CC(C)(CCNC(=O)c1ccc(NC(N)=O)cc1)C(=O)O. The van der Waals surface area contributed by atoms with Gasteiger partial charge < -0.3 is 21.5 Å². The van der Waals surface area contributed by atoms with Gasteiger partial charge in [0.15, 0.2) is 0 Å². The maximum absolute atomic E-state index is 11.9. The predicted octanol–water partition coefficient (Wildman–Crippen LogP) is 1.41. The number of carboxylic acids is 1. The fraction of sp³-hybridized carbons (Fsp3) is 0.357. The van der Waals surface area contributed by atoms with E-state index in [1.807, 2.05) is 0 Å². The molecule has 0 aliphatic rings. The molecule has 0 radical (unpaired) electrons. The van der Waals surface area contributed by atoms with E-state index in [2.05, 4.69) is 10.6 Å². The first-order valence-electron chi connectivity index (χ1n) is 6.40. The van der Waals surface area contributed by atoms with Crippen LogP contribution in [0, 0.1) is 5.41 Å². The van der Waals surface area contributed by atoms with E-state index in [4.69, 9.17) is 10.8 Å². The summed E-state index contributed by atoms with van der Waals surface area (Å²) in [5.74, 6) is -1.21. The highest BCUT2D eigenvalue weighted by Crippen LogP contribution is 2.19. The van der Waals surface area contributed by atoms with Gasteiger partial charge in [-0.3, -0.25) is 9.59 Å². The van der Waals surface area contributed by atoms with Crippen LogP contribution in [-0.4, -0.2) is 29.6 Å². The van der Waals surface area contributed by atoms with E-state index < -0.39 is 17.4 Å². The quantitative estimate of drug-likeness (QED) is 0.633. The average molecular weight is 293 g/mol. The molecule has 0 heterocycles. The lowest BCUT2D eigenvalue weighted by Gasteiger charge is -2.18. The minimum Gasteiger partial charge on any atom is -0.481 e. The van der Waals surface area contributed by atoms with Crippen LogP contribution in [0.1, 0.15) is 30.6 Å². The molecule has 1 rings (SSSR count). The van der Waals surface area contributed by atoms with Gasteiger partial charge in [-0.2, -0.15) is 0 Å². The van der Waals surface area contributed by atoms with Gasteiger partial charge in [0.2, 0.25) is 0 Å². The summed E-state index contributed by atoms with van der Waals surface area (Å²) in [4.78, 5) is 33.5. The highest BCUT2D eigenvalue weighted by atomic mass is 16.4. The molecule has 0 saturated carbocycles. The van der Waals surface area contributed by atoms with Crippen LogP contribution < -0.4 is 16.4 Å². The summed E-state index contributed by atoms with van der Waals surface area (Å²) in [7, 11) is 0. The number of hydrogen-bond donors (Lipinski definition) is 4. The standard InChI is InChI=1S/C14H19N3O4/c1-14(2,12(19)20)7-8-16-11(18)9-3-5-10(6-4-9)17-13(15)21/h3-6H,7-8H2,1-2H3,(H,16,18)(H,19,20)(H3,15,17,21). The number of carboxylic acid groups (broad SMARTS) is 1. The first-order chi connectivity index (χ1) is 9.72. The third-order valence-corrected chi connectivity index (χ3v) is 3.03. The molecular formula is C14H19N3O4. The van der Waals surface area contributed by atoms with Gasteiger partial charge >= 0.3 is 12.0 Å². The minimum atomic E-state index is -0.904. The number of benzene rings is 1. The highest BCUT2D eigenvalue weighted by molar-refractivity contribution is 5.95. The Bertz CT molecular complexity index is 538.